The Morgan fingerprint density at radius 3 is 2.18 bits per heavy atom. The molecule has 0 bridgehead atoms. The molecule has 0 spiro atoms. The number of nitrogens with zero attached hydrogens (tertiary/aromatic N) is 1. The van der Waals surface area contributed by atoms with Gasteiger partial charge in [0.15, 0.2) is 0 Å². The normalized spacial score (nSPS) is 11.8. The van der Waals surface area contributed by atoms with Gasteiger partial charge in [0.1, 0.15) is 0 Å². The van der Waals surface area contributed by atoms with E-state index in [2.05, 4.69) is 16.7 Å². The molecule has 5 heteroatoms. The molecule has 2 rings (SSSR count). The van der Waals surface area contributed by atoms with Crippen LogP contribution in [0.15, 0.2) is 36.4 Å². The van der Waals surface area contributed by atoms with Crippen LogP contribution in [0.5, 0.6) is 0 Å². The van der Waals surface area contributed by atoms with Crippen molar-refractivity contribution in [2.75, 3.05) is 13.2 Å². The Balaban J connectivity index is 2.39. The summed E-state index contributed by atoms with van der Waals surface area (Å²) in [6.45, 7) is 9.11. The molecule has 0 amide bonds. The van der Waals surface area contributed by atoms with E-state index < -0.39 is 7.60 Å². The standard InChI is InChI=1S/C17H24NO3P/c1-5-20-22(19,21-6-2)17-12-14(3)18(15(17)4)13-16-10-8-7-9-11-16/h7-12H,5-6,13H2,1-4H3. The average Bonchev–Trinajstić information content (AvgIpc) is 2.78. The molecule has 1 aromatic heterocycles. The van der Waals surface area contributed by atoms with Gasteiger partial charge in [-0.1, -0.05) is 30.3 Å². The molecule has 0 aliphatic rings. The minimum absolute atomic E-state index is 0.361. The SMILES string of the molecule is CCOP(=O)(OCC)c1cc(C)n(Cc2ccccc2)c1C. The largest absolute Gasteiger partial charge is 0.363 e. The molecule has 22 heavy (non-hydrogen) atoms. The van der Waals surface area contributed by atoms with Crippen molar-refractivity contribution >= 4 is 12.9 Å². The van der Waals surface area contributed by atoms with E-state index in [1.165, 1.54) is 5.56 Å². The van der Waals surface area contributed by atoms with Crippen molar-refractivity contribution in [3.8, 4) is 0 Å². The molecule has 0 atom stereocenters. The number of hydrogen-bond acceptors (Lipinski definition) is 3. The van der Waals surface area contributed by atoms with E-state index in [0.717, 1.165) is 17.9 Å². The number of benzene rings is 1. The van der Waals surface area contributed by atoms with Gasteiger partial charge in [-0.25, -0.2) is 0 Å². The third-order valence-corrected chi connectivity index (χ3v) is 5.86. The lowest BCUT2D eigenvalue weighted by molar-refractivity contribution is 0.230. The summed E-state index contributed by atoms with van der Waals surface area (Å²) in [5, 5.41) is 0.671. The van der Waals surface area contributed by atoms with Crippen molar-refractivity contribution in [1.29, 1.82) is 0 Å². The summed E-state index contributed by atoms with van der Waals surface area (Å²) in [7, 11) is -3.24. The highest BCUT2D eigenvalue weighted by atomic mass is 31.2. The van der Waals surface area contributed by atoms with Crippen LogP contribution in [0, 0.1) is 13.8 Å². The van der Waals surface area contributed by atoms with E-state index in [1.54, 1.807) is 0 Å². The maximum atomic E-state index is 13.0. The quantitative estimate of drug-likeness (QED) is 0.723. The van der Waals surface area contributed by atoms with E-state index in [0.29, 0.717) is 18.5 Å². The summed E-state index contributed by atoms with van der Waals surface area (Å²) < 4.78 is 26.1. The second-order valence-electron chi connectivity index (χ2n) is 5.16. The lowest BCUT2D eigenvalue weighted by atomic mass is 10.2. The first-order valence-corrected chi connectivity index (χ1v) is 9.16. The molecule has 4 nitrogen and oxygen atoms in total. The third kappa shape index (κ3) is 3.52. The monoisotopic (exact) mass is 321 g/mol. The van der Waals surface area contributed by atoms with Gasteiger partial charge in [-0.3, -0.25) is 4.57 Å². The molecule has 0 aliphatic heterocycles. The van der Waals surface area contributed by atoms with Crippen LogP contribution >= 0.6 is 7.60 Å². The van der Waals surface area contributed by atoms with E-state index in [4.69, 9.17) is 9.05 Å². The Morgan fingerprint density at radius 1 is 1.05 bits per heavy atom. The molecule has 0 aliphatic carbocycles. The van der Waals surface area contributed by atoms with Gasteiger partial charge in [-0.15, -0.1) is 0 Å². The fourth-order valence-corrected chi connectivity index (χ4v) is 4.48. The van der Waals surface area contributed by atoms with Crippen molar-refractivity contribution in [3.05, 3.63) is 53.3 Å². The smallest absolute Gasteiger partial charge is 0.344 e. The molecule has 1 aromatic carbocycles. The van der Waals surface area contributed by atoms with Gasteiger partial charge < -0.3 is 13.6 Å². The Bertz CT molecular complexity index is 654. The predicted molar refractivity (Wildman–Crippen MR) is 89.9 cm³/mol. The van der Waals surface area contributed by atoms with Gasteiger partial charge in [-0.2, -0.15) is 0 Å². The summed E-state index contributed by atoms with van der Waals surface area (Å²) in [5.74, 6) is 0. The molecule has 1 heterocycles. The zero-order chi connectivity index (χ0) is 16.2. The van der Waals surface area contributed by atoms with Gasteiger partial charge >= 0.3 is 7.60 Å². The number of rotatable bonds is 7. The second-order valence-corrected chi connectivity index (χ2v) is 7.15. The topological polar surface area (TPSA) is 40.5 Å². The molecule has 2 aromatic rings. The molecule has 0 N–H and O–H groups in total. The van der Waals surface area contributed by atoms with Crippen molar-refractivity contribution in [2.24, 2.45) is 0 Å². The van der Waals surface area contributed by atoms with Crippen molar-refractivity contribution in [1.82, 2.24) is 4.57 Å². The Labute approximate surface area is 132 Å². The van der Waals surface area contributed by atoms with Gasteiger partial charge in [0.2, 0.25) is 0 Å². The summed E-state index contributed by atoms with van der Waals surface area (Å²) in [6.07, 6.45) is 0. The fraction of sp³-hybridized carbons (Fsp3) is 0.412. The first-order chi connectivity index (χ1) is 10.5. The third-order valence-electron chi connectivity index (χ3n) is 3.62. The molecule has 0 saturated carbocycles. The maximum absolute atomic E-state index is 13.0. The van der Waals surface area contributed by atoms with Crippen molar-refractivity contribution < 1.29 is 13.6 Å². The molecule has 0 radical (unpaired) electrons. The van der Waals surface area contributed by atoms with Gasteiger partial charge in [0.05, 0.1) is 18.5 Å². The zero-order valence-corrected chi connectivity index (χ0v) is 14.6. The average molecular weight is 321 g/mol. The van der Waals surface area contributed by atoms with E-state index >= 15 is 0 Å². The van der Waals surface area contributed by atoms with Crippen molar-refractivity contribution in [3.63, 3.8) is 0 Å². The van der Waals surface area contributed by atoms with Crippen LogP contribution in [-0.2, 0) is 20.2 Å². The molecule has 0 unspecified atom stereocenters. The van der Waals surface area contributed by atoms with E-state index in [-0.39, 0.29) is 0 Å². The van der Waals surface area contributed by atoms with Gasteiger partial charge in [0, 0.05) is 17.9 Å². The summed E-state index contributed by atoms with van der Waals surface area (Å²) in [4.78, 5) is 0. The van der Waals surface area contributed by atoms with Crippen LogP contribution in [-0.4, -0.2) is 17.8 Å². The first-order valence-electron chi connectivity index (χ1n) is 7.62. The highest BCUT2D eigenvalue weighted by Crippen LogP contribution is 2.48. The predicted octanol–water partition coefficient (Wildman–Crippen LogP) is 4.04. The lowest BCUT2D eigenvalue weighted by Crippen LogP contribution is -2.14. The number of hydrogen-bond donors (Lipinski definition) is 0. The van der Waals surface area contributed by atoms with Crippen LogP contribution in [0.25, 0.3) is 0 Å². The van der Waals surface area contributed by atoms with Crippen LogP contribution in [0.2, 0.25) is 0 Å². The summed E-state index contributed by atoms with van der Waals surface area (Å²) in [5.41, 5.74) is 3.20. The summed E-state index contributed by atoms with van der Waals surface area (Å²) in [6, 6.07) is 12.1. The van der Waals surface area contributed by atoms with E-state index in [1.807, 2.05) is 52.0 Å². The van der Waals surface area contributed by atoms with Gasteiger partial charge in [-0.05, 0) is 39.3 Å². The Morgan fingerprint density at radius 2 is 1.64 bits per heavy atom. The lowest BCUT2D eigenvalue weighted by Gasteiger charge is -2.17. The highest BCUT2D eigenvalue weighted by molar-refractivity contribution is 7.62. The minimum Gasteiger partial charge on any atom is -0.344 e. The van der Waals surface area contributed by atoms with Crippen LogP contribution in [0.4, 0.5) is 0 Å². The van der Waals surface area contributed by atoms with Crippen LogP contribution in [0.3, 0.4) is 0 Å². The number of aryl methyl sites for hydroxylation is 1. The first kappa shape index (κ1) is 17.0. The van der Waals surface area contributed by atoms with E-state index in [9.17, 15) is 4.57 Å². The molecular formula is C17H24NO3P. The molecule has 0 fully saturated rings. The Hall–Kier alpha value is -1.35. The zero-order valence-electron chi connectivity index (χ0n) is 13.7. The number of aromatic nitrogens is 1. The van der Waals surface area contributed by atoms with Gasteiger partial charge in [0.25, 0.3) is 0 Å². The fourth-order valence-electron chi connectivity index (χ4n) is 2.59. The molecule has 120 valence electrons. The maximum Gasteiger partial charge on any atom is 0.363 e. The Kier molecular flexibility index (Phi) is 5.63. The van der Waals surface area contributed by atoms with Crippen LogP contribution < -0.4 is 5.30 Å². The molecule has 0 saturated heterocycles. The highest BCUT2D eigenvalue weighted by Gasteiger charge is 2.31. The second kappa shape index (κ2) is 7.28. The summed E-state index contributed by atoms with van der Waals surface area (Å²) >= 11 is 0. The van der Waals surface area contributed by atoms with Crippen molar-refractivity contribution in [2.45, 2.75) is 34.2 Å². The van der Waals surface area contributed by atoms with Crippen LogP contribution in [0.1, 0.15) is 30.8 Å². The molecular weight excluding hydrogens is 297 g/mol. The minimum atomic E-state index is -3.24.